The zero-order chi connectivity index (χ0) is 16.2. The highest BCUT2D eigenvalue weighted by molar-refractivity contribution is 5.70. The van der Waals surface area contributed by atoms with Crippen LogP contribution in [0.1, 0.15) is 37.2 Å². The van der Waals surface area contributed by atoms with Gasteiger partial charge >= 0.3 is 11.7 Å². The van der Waals surface area contributed by atoms with Gasteiger partial charge in [0.05, 0.1) is 6.42 Å². The van der Waals surface area contributed by atoms with Crippen molar-refractivity contribution in [2.75, 3.05) is 13.6 Å². The van der Waals surface area contributed by atoms with E-state index in [-0.39, 0.29) is 12.1 Å². The number of nitrogens with zero attached hydrogens (tertiary/aromatic N) is 3. The van der Waals surface area contributed by atoms with E-state index in [1.807, 2.05) is 7.05 Å². The predicted molar refractivity (Wildman–Crippen MR) is 81.7 cm³/mol. The highest BCUT2D eigenvalue weighted by atomic mass is 16.4. The Bertz CT molecular complexity index is 564. The van der Waals surface area contributed by atoms with Crippen molar-refractivity contribution in [1.29, 1.82) is 0 Å². The topological polar surface area (TPSA) is 75.4 Å². The molecule has 0 radical (unpaired) electrons. The third kappa shape index (κ3) is 4.67. The van der Waals surface area contributed by atoms with Crippen LogP contribution in [0.5, 0.6) is 0 Å². The Hall–Kier alpha value is -1.69. The zero-order valence-electron chi connectivity index (χ0n) is 13.5. The Kier molecular flexibility index (Phi) is 6.08. The van der Waals surface area contributed by atoms with Crippen molar-refractivity contribution >= 4 is 5.97 Å². The first kappa shape index (κ1) is 17.4. The molecule has 1 rings (SSSR count). The van der Waals surface area contributed by atoms with E-state index in [9.17, 15) is 9.59 Å². The third-order valence-electron chi connectivity index (χ3n) is 3.87. The first-order valence-corrected chi connectivity index (χ1v) is 7.23. The van der Waals surface area contributed by atoms with Gasteiger partial charge in [0.2, 0.25) is 0 Å². The van der Waals surface area contributed by atoms with E-state index < -0.39 is 5.97 Å². The molecule has 21 heavy (non-hydrogen) atoms. The molecule has 0 aromatic carbocycles. The van der Waals surface area contributed by atoms with Crippen LogP contribution in [0.15, 0.2) is 4.79 Å². The lowest BCUT2D eigenvalue weighted by atomic mass is 10.1. The average Bonchev–Trinajstić information content (AvgIpc) is 2.37. The largest absolute Gasteiger partial charge is 0.481 e. The van der Waals surface area contributed by atoms with Gasteiger partial charge in [0, 0.05) is 29.5 Å². The molecule has 118 valence electrons. The summed E-state index contributed by atoms with van der Waals surface area (Å²) >= 11 is 0. The first-order chi connectivity index (χ1) is 9.73. The number of carboxylic acid groups (broad SMARTS) is 1. The Morgan fingerprint density at radius 2 is 2.00 bits per heavy atom. The molecule has 0 saturated heterocycles. The summed E-state index contributed by atoms with van der Waals surface area (Å²) in [5, 5.41) is 8.96. The molecule has 1 aromatic heterocycles. The van der Waals surface area contributed by atoms with Crippen molar-refractivity contribution in [2.45, 2.75) is 53.1 Å². The van der Waals surface area contributed by atoms with E-state index in [0.29, 0.717) is 29.5 Å². The summed E-state index contributed by atoms with van der Waals surface area (Å²) in [5.74, 6) is -0.909. The molecule has 0 spiro atoms. The first-order valence-electron chi connectivity index (χ1n) is 7.23. The number of carbonyl (C=O) groups is 1. The van der Waals surface area contributed by atoms with Crippen molar-refractivity contribution in [3.63, 3.8) is 0 Å². The predicted octanol–water partition coefficient (Wildman–Crippen LogP) is 1.22. The SMILES string of the molecule is Cc1nc(=O)n(CCCN(C)C(C)C)c(C)c1CC(=O)O. The Balaban J connectivity index is 2.92. The Morgan fingerprint density at radius 1 is 1.38 bits per heavy atom. The molecule has 0 unspecified atom stereocenters. The minimum absolute atomic E-state index is 0.100. The summed E-state index contributed by atoms with van der Waals surface area (Å²) in [4.78, 5) is 29.1. The van der Waals surface area contributed by atoms with E-state index in [4.69, 9.17) is 5.11 Å². The fraction of sp³-hybridized carbons (Fsp3) is 0.667. The molecule has 0 aliphatic heterocycles. The van der Waals surface area contributed by atoms with E-state index in [1.165, 1.54) is 0 Å². The minimum Gasteiger partial charge on any atom is -0.481 e. The van der Waals surface area contributed by atoms with E-state index in [2.05, 4.69) is 23.7 Å². The second-order valence-electron chi connectivity index (χ2n) is 5.69. The Morgan fingerprint density at radius 3 is 2.52 bits per heavy atom. The van der Waals surface area contributed by atoms with Gasteiger partial charge in [0.1, 0.15) is 0 Å². The van der Waals surface area contributed by atoms with Crippen molar-refractivity contribution in [3.05, 3.63) is 27.4 Å². The molecule has 6 nitrogen and oxygen atoms in total. The Labute approximate surface area is 125 Å². The number of aromatic nitrogens is 2. The van der Waals surface area contributed by atoms with Gasteiger partial charge in [-0.2, -0.15) is 4.98 Å². The summed E-state index contributed by atoms with van der Waals surface area (Å²) < 4.78 is 1.58. The fourth-order valence-corrected chi connectivity index (χ4v) is 2.25. The van der Waals surface area contributed by atoms with Crippen LogP contribution in [0.2, 0.25) is 0 Å². The highest BCUT2D eigenvalue weighted by Crippen LogP contribution is 2.11. The second-order valence-corrected chi connectivity index (χ2v) is 5.69. The van der Waals surface area contributed by atoms with Crippen molar-refractivity contribution in [2.24, 2.45) is 0 Å². The average molecular weight is 295 g/mol. The maximum absolute atomic E-state index is 12.0. The van der Waals surface area contributed by atoms with Crippen LogP contribution in [-0.4, -0.2) is 45.2 Å². The van der Waals surface area contributed by atoms with Crippen molar-refractivity contribution in [1.82, 2.24) is 14.5 Å². The van der Waals surface area contributed by atoms with E-state index in [0.717, 1.165) is 13.0 Å². The van der Waals surface area contributed by atoms with Crippen LogP contribution in [-0.2, 0) is 17.8 Å². The van der Waals surface area contributed by atoms with Gasteiger partial charge in [-0.25, -0.2) is 4.79 Å². The fourth-order valence-electron chi connectivity index (χ4n) is 2.25. The molecule has 1 aromatic rings. The quantitative estimate of drug-likeness (QED) is 0.818. The maximum Gasteiger partial charge on any atom is 0.347 e. The number of hydrogen-bond acceptors (Lipinski definition) is 4. The molecule has 1 heterocycles. The number of aliphatic carboxylic acids is 1. The van der Waals surface area contributed by atoms with Crippen LogP contribution in [0.3, 0.4) is 0 Å². The molecule has 0 saturated carbocycles. The molecule has 0 fully saturated rings. The van der Waals surface area contributed by atoms with E-state index in [1.54, 1.807) is 18.4 Å². The lowest BCUT2D eigenvalue weighted by Crippen LogP contribution is -2.31. The van der Waals surface area contributed by atoms with Crippen LogP contribution in [0, 0.1) is 13.8 Å². The normalized spacial score (nSPS) is 11.4. The summed E-state index contributed by atoms with van der Waals surface area (Å²) in [6, 6.07) is 0.460. The second kappa shape index (κ2) is 7.36. The van der Waals surface area contributed by atoms with Gasteiger partial charge in [-0.3, -0.25) is 9.36 Å². The summed E-state index contributed by atoms with van der Waals surface area (Å²) in [5.41, 5.74) is 1.56. The molecular formula is C15H25N3O3. The zero-order valence-corrected chi connectivity index (χ0v) is 13.5. The van der Waals surface area contributed by atoms with Gasteiger partial charge in [0.25, 0.3) is 0 Å². The van der Waals surface area contributed by atoms with Crippen LogP contribution in [0.25, 0.3) is 0 Å². The van der Waals surface area contributed by atoms with Crippen LogP contribution < -0.4 is 5.69 Å². The van der Waals surface area contributed by atoms with Gasteiger partial charge in [-0.05, 0) is 47.7 Å². The standard InChI is InChI=1S/C15H25N3O3/c1-10(2)17(5)7-6-8-18-12(4)13(9-14(19)20)11(3)16-15(18)21/h10H,6-9H2,1-5H3,(H,19,20). The molecular weight excluding hydrogens is 270 g/mol. The lowest BCUT2D eigenvalue weighted by Gasteiger charge is -2.21. The molecule has 6 heteroatoms. The summed E-state index contributed by atoms with van der Waals surface area (Å²) in [6.45, 7) is 9.16. The van der Waals surface area contributed by atoms with Crippen LogP contribution in [0.4, 0.5) is 0 Å². The van der Waals surface area contributed by atoms with Gasteiger partial charge < -0.3 is 10.0 Å². The summed E-state index contributed by atoms with van der Waals surface area (Å²) in [7, 11) is 2.05. The highest BCUT2D eigenvalue weighted by Gasteiger charge is 2.14. The summed E-state index contributed by atoms with van der Waals surface area (Å²) in [6.07, 6.45) is 0.726. The molecule has 0 atom stereocenters. The minimum atomic E-state index is -0.909. The monoisotopic (exact) mass is 295 g/mol. The number of hydrogen-bond donors (Lipinski definition) is 1. The number of carboxylic acids is 1. The number of aryl methyl sites for hydroxylation is 1. The molecule has 0 bridgehead atoms. The van der Waals surface area contributed by atoms with Gasteiger partial charge in [-0.1, -0.05) is 0 Å². The van der Waals surface area contributed by atoms with Crippen molar-refractivity contribution in [3.8, 4) is 0 Å². The van der Waals surface area contributed by atoms with E-state index >= 15 is 0 Å². The molecule has 0 aliphatic carbocycles. The maximum atomic E-state index is 12.0. The molecule has 1 N–H and O–H groups in total. The molecule has 0 aliphatic rings. The van der Waals surface area contributed by atoms with Gasteiger partial charge in [0.15, 0.2) is 0 Å². The molecule has 0 amide bonds. The number of rotatable bonds is 7. The third-order valence-corrected chi connectivity index (χ3v) is 3.87. The smallest absolute Gasteiger partial charge is 0.347 e. The van der Waals surface area contributed by atoms with Gasteiger partial charge in [-0.15, -0.1) is 0 Å². The van der Waals surface area contributed by atoms with Crippen LogP contribution >= 0.6 is 0 Å². The lowest BCUT2D eigenvalue weighted by molar-refractivity contribution is -0.136. The van der Waals surface area contributed by atoms with Crippen molar-refractivity contribution < 1.29 is 9.90 Å².